The minimum atomic E-state index is -3.75. The molecule has 7 nitrogen and oxygen atoms in total. The zero-order chi connectivity index (χ0) is 13.9. The van der Waals surface area contributed by atoms with Gasteiger partial charge in [0.2, 0.25) is 5.09 Å². The van der Waals surface area contributed by atoms with Gasteiger partial charge in [-0.15, -0.1) is 0 Å². The van der Waals surface area contributed by atoms with E-state index in [2.05, 4.69) is 14.7 Å². The van der Waals surface area contributed by atoms with Gasteiger partial charge in [0.1, 0.15) is 18.2 Å². The summed E-state index contributed by atoms with van der Waals surface area (Å²) in [7, 11) is -3.75. The van der Waals surface area contributed by atoms with Crippen LogP contribution in [-0.4, -0.2) is 23.5 Å². The zero-order valence-corrected chi connectivity index (χ0v) is 11.0. The van der Waals surface area contributed by atoms with Gasteiger partial charge in [-0.05, 0) is 25.1 Å². The van der Waals surface area contributed by atoms with Crippen LogP contribution in [0.5, 0.6) is 0 Å². The van der Waals surface area contributed by atoms with E-state index in [0.717, 1.165) is 0 Å². The van der Waals surface area contributed by atoms with Gasteiger partial charge in [-0.25, -0.2) is 23.1 Å². The monoisotopic (exact) mass is 283 g/mol. The van der Waals surface area contributed by atoms with E-state index < -0.39 is 10.0 Å². The van der Waals surface area contributed by atoms with E-state index in [9.17, 15) is 8.42 Å². The van der Waals surface area contributed by atoms with Crippen LogP contribution in [0.1, 0.15) is 17.3 Å². The van der Waals surface area contributed by atoms with Crippen LogP contribution in [0.25, 0.3) is 0 Å². The average Bonchev–Trinajstić information content (AvgIpc) is 2.86. The van der Waals surface area contributed by atoms with Crippen molar-refractivity contribution < 1.29 is 17.9 Å². The third-order valence-corrected chi connectivity index (χ3v) is 3.61. The van der Waals surface area contributed by atoms with Crippen molar-refractivity contribution in [2.24, 2.45) is 0 Å². The Hall–Kier alpha value is -1.77. The number of hydrogen-bond donors (Lipinski definition) is 2. The summed E-state index contributed by atoms with van der Waals surface area (Å²) in [5.41, 5.74) is 0.560. The molecule has 0 amide bonds. The summed E-state index contributed by atoms with van der Waals surface area (Å²) in [6, 6.07) is 4.32. The molecule has 2 aromatic heterocycles. The van der Waals surface area contributed by atoms with Gasteiger partial charge in [0.05, 0.1) is 12.2 Å². The summed E-state index contributed by atoms with van der Waals surface area (Å²) in [6.07, 6.45) is 1.56. The maximum absolute atomic E-state index is 11.9. The lowest BCUT2D eigenvalue weighted by atomic mass is 10.4. The second kappa shape index (κ2) is 5.47. The van der Waals surface area contributed by atoms with Gasteiger partial charge in [0.25, 0.3) is 10.0 Å². The average molecular weight is 283 g/mol. The Kier molecular flexibility index (Phi) is 3.93. The topological polar surface area (TPSA) is 105 Å². The zero-order valence-electron chi connectivity index (χ0n) is 10.2. The van der Waals surface area contributed by atoms with Crippen molar-refractivity contribution in [2.75, 3.05) is 0 Å². The summed E-state index contributed by atoms with van der Waals surface area (Å²) in [6.45, 7) is 1.42. The fraction of sp³-hybridized carbons (Fsp3) is 0.273. The van der Waals surface area contributed by atoms with Gasteiger partial charge in [0, 0.05) is 6.20 Å². The van der Waals surface area contributed by atoms with E-state index in [1.165, 1.54) is 12.1 Å². The molecule has 0 aliphatic rings. The molecule has 0 atom stereocenters. The van der Waals surface area contributed by atoms with Crippen LogP contribution in [-0.2, 0) is 23.2 Å². The molecule has 0 spiro atoms. The smallest absolute Gasteiger partial charge is 0.274 e. The van der Waals surface area contributed by atoms with Crippen molar-refractivity contribution in [1.82, 2.24) is 14.7 Å². The van der Waals surface area contributed by atoms with E-state index in [1.807, 2.05) is 0 Å². The SMILES string of the molecule is Cc1nccc(CNS(=O)(=O)c2ccc(CO)o2)n1. The first-order chi connectivity index (χ1) is 9.01. The van der Waals surface area contributed by atoms with Crippen molar-refractivity contribution >= 4 is 10.0 Å². The van der Waals surface area contributed by atoms with Crippen LogP contribution < -0.4 is 4.72 Å². The van der Waals surface area contributed by atoms with Gasteiger partial charge >= 0.3 is 0 Å². The Morgan fingerprint density at radius 3 is 2.79 bits per heavy atom. The molecular formula is C11H13N3O4S. The fourth-order valence-corrected chi connectivity index (χ4v) is 2.38. The molecule has 0 fully saturated rings. The molecule has 0 bridgehead atoms. The largest absolute Gasteiger partial charge is 0.446 e. The van der Waals surface area contributed by atoms with E-state index >= 15 is 0 Å². The molecule has 19 heavy (non-hydrogen) atoms. The third-order valence-electron chi connectivity index (χ3n) is 2.33. The van der Waals surface area contributed by atoms with Crippen molar-refractivity contribution in [1.29, 1.82) is 0 Å². The number of aryl methyl sites for hydroxylation is 1. The molecule has 2 N–H and O–H groups in total. The maximum atomic E-state index is 11.9. The fourth-order valence-electron chi connectivity index (χ4n) is 1.43. The Morgan fingerprint density at radius 2 is 2.16 bits per heavy atom. The van der Waals surface area contributed by atoms with Crippen LogP contribution in [0, 0.1) is 6.92 Å². The number of sulfonamides is 1. The first-order valence-electron chi connectivity index (χ1n) is 5.49. The van der Waals surface area contributed by atoms with Crippen LogP contribution in [0.3, 0.4) is 0 Å². The highest BCUT2D eigenvalue weighted by Gasteiger charge is 2.18. The molecule has 102 valence electrons. The van der Waals surface area contributed by atoms with Crippen molar-refractivity contribution in [3.8, 4) is 0 Å². The van der Waals surface area contributed by atoms with Crippen LogP contribution in [0.2, 0.25) is 0 Å². The van der Waals surface area contributed by atoms with Gasteiger partial charge in [-0.3, -0.25) is 0 Å². The number of nitrogens with zero attached hydrogens (tertiary/aromatic N) is 2. The number of aliphatic hydroxyl groups excluding tert-OH is 1. The predicted molar refractivity (Wildman–Crippen MR) is 65.4 cm³/mol. The highest BCUT2D eigenvalue weighted by Crippen LogP contribution is 2.13. The number of nitrogens with one attached hydrogen (secondary N) is 1. The quantitative estimate of drug-likeness (QED) is 0.820. The van der Waals surface area contributed by atoms with Gasteiger partial charge in [0.15, 0.2) is 0 Å². The standard InChI is InChI=1S/C11H13N3O4S/c1-8-12-5-4-9(14-8)6-13-19(16,17)11-3-2-10(7-15)18-11/h2-5,13,15H,6-7H2,1H3. The molecule has 0 aliphatic carbocycles. The number of aromatic nitrogens is 2. The second-order valence-electron chi connectivity index (χ2n) is 3.80. The maximum Gasteiger partial charge on any atom is 0.274 e. The van der Waals surface area contributed by atoms with Crippen LogP contribution in [0.15, 0.2) is 33.9 Å². The molecule has 0 saturated carbocycles. The molecule has 0 saturated heterocycles. The molecule has 8 heteroatoms. The summed E-state index contributed by atoms with van der Waals surface area (Å²) in [4.78, 5) is 8.00. The second-order valence-corrected chi connectivity index (χ2v) is 5.50. The van der Waals surface area contributed by atoms with E-state index in [1.54, 1.807) is 19.2 Å². The molecular weight excluding hydrogens is 270 g/mol. The van der Waals surface area contributed by atoms with E-state index in [4.69, 9.17) is 9.52 Å². The third kappa shape index (κ3) is 3.37. The van der Waals surface area contributed by atoms with Crippen molar-refractivity contribution in [3.05, 3.63) is 41.7 Å². The Balaban J connectivity index is 2.09. The summed E-state index contributed by atoms with van der Waals surface area (Å²) >= 11 is 0. The molecule has 0 radical (unpaired) electrons. The van der Waals surface area contributed by atoms with Gasteiger partial charge < -0.3 is 9.52 Å². The Labute approximate surface area is 110 Å². The normalized spacial score (nSPS) is 11.7. The van der Waals surface area contributed by atoms with E-state index in [-0.39, 0.29) is 24.0 Å². The summed E-state index contributed by atoms with van der Waals surface area (Å²) < 4.78 is 31.1. The number of rotatable bonds is 5. The molecule has 0 unspecified atom stereocenters. The Bertz CT molecular complexity index is 666. The summed E-state index contributed by atoms with van der Waals surface area (Å²) in [5, 5.41) is 8.60. The van der Waals surface area contributed by atoms with Crippen LogP contribution in [0.4, 0.5) is 0 Å². The lowest BCUT2D eigenvalue weighted by Crippen LogP contribution is -2.23. The Morgan fingerprint density at radius 1 is 1.37 bits per heavy atom. The highest BCUT2D eigenvalue weighted by atomic mass is 32.2. The highest BCUT2D eigenvalue weighted by molar-refractivity contribution is 7.89. The van der Waals surface area contributed by atoms with Gasteiger partial charge in [-0.1, -0.05) is 0 Å². The molecule has 2 aromatic rings. The minimum absolute atomic E-state index is 0.0425. The van der Waals surface area contributed by atoms with Crippen LogP contribution >= 0.6 is 0 Å². The first kappa shape index (κ1) is 13.7. The molecule has 0 aromatic carbocycles. The van der Waals surface area contributed by atoms with Gasteiger partial charge in [-0.2, -0.15) is 0 Å². The number of hydrogen-bond acceptors (Lipinski definition) is 6. The molecule has 2 rings (SSSR count). The predicted octanol–water partition coefficient (Wildman–Crippen LogP) is 0.349. The van der Waals surface area contributed by atoms with Crippen molar-refractivity contribution in [2.45, 2.75) is 25.2 Å². The number of aliphatic hydroxyl groups is 1. The van der Waals surface area contributed by atoms with E-state index in [0.29, 0.717) is 11.5 Å². The lowest BCUT2D eigenvalue weighted by molar-refractivity contribution is 0.236. The lowest BCUT2D eigenvalue weighted by Gasteiger charge is -2.04. The molecule has 0 aliphatic heterocycles. The first-order valence-corrected chi connectivity index (χ1v) is 6.97. The molecule has 2 heterocycles. The number of furan rings is 1. The minimum Gasteiger partial charge on any atom is -0.446 e. The summed E-state index contributed by atoms with van der Waals surface area (Å²) in [5.74, 6) is 0.760. The van der Waals surface area contributed by atoms with Crippen molar-refractivity contribution in [3.63, 3.8) is 0 Å².